The van der Waals surface area contributed by atoms with Gasteiger partial charge in [-0.05, 0) is 27.1 Å². The van der Waals surface area contributed by atoms with E-state index >= 15 is 0 Å². The summed E-state index contributed by atoms with van der Waals surface area (Å²) in [5.74, 6) is 1.22. The highest BCUT2D eigenvalue weighted by atomic mass is 16.3. The van der Waals surface area contributed by atoms with Crippen molar-refractivity contribution >= 4 is 22.8 Å². The van der Waals surface area contributed by atoms with Crippen LogP contribution < -0.4 is 5.32 Å². The monoisotopic (exact) mass is 355 g/mol. The first kappa shape index (κ1) is 17.1. The van der Waals surface area contributed by atoms with Crippen LogP contribution >= 0.6 is 0 Å². The van der Waals surface area contributed by atoms with E-state index in [0.29, 0.717) is 24.0 Å². The maximum Gasteiger partial charge on any atom is 0.287 e. The molecule has 2 heterocycles. The fraction of sp³-hybridized carbons (Fsp3) is 0.500. The summed E-state index contributed by atoms with van der Waals surface area (Å²) in [7, 11) is 3.95. The third kappa shape index (κ3) is 2.98. The van der Waals surface area contributed by atoms with Gasteiger partial charge in [0.15, 0.2) is 5.76 Å². The van der Waals surface area contributed by atoms with Crippen molar-refractivity contribution in [1.82, 2.24) is 15.1 Å². The Balaban J connectivity index is 1.34. The van der Waals surface area contributed by atoms with Crippen molar-refractivity contribution in [2.45, 2.75) is 19.4 Å². The lowest BCUT2D eigenvalue weighted by Gasteiger charge is -2.21. The zero-order valence-electron chi connectivity index (χ0n) is 15.5. The van der Waals surface area contributed by atoms with E-state index < -0.39 is 0 Å². The highest BCUT2D eigenvalue weighted by Gasteiger charge is 2.57. The second-order valence-electron chi connectivity index (χ2n) is 7.73. The smallest absolute Gasteiger partial charge is 0.287 e. The number of para-hydroxylation sites is 1. The Hall–Kier alpha value is -2.34. The summed E-state index contributed by atoms with van der Waals surface area (Å²) in [5.41, 5.74) is 1.62. The highest BCUT2D eigenvalue weighted by Crippen LogP contribution is 2.45. The van der Waals surface area contributed by atoms with Gasteiger partial charge in [-0.2, -0.15) is 0 Å². The van der Waals surface area contributed by atoms with Crippen molar-refractivity contribution in [3.63, 3.8) is 0 Å². The fourth-order valence-electron chi connectivity index (χ4n) is 4.03. The minimum Gasteiger partial charge on any atom is -0.451 e. The van der Waals surface area contributed by atoms with Gasteiger partial charge in [-0.1, -0.05) is 18.2 Å². The number of nitrogens with zero attached hydrogens (tertiary/aromatic N) is 2. The number of benzene rings is 1. The summed E-state index contributed by atoms with van der Waals surface area (Å²) >= 11 is 0. The number of furan rings is 1. The summed E-state index contributed by atoms with van der Waals surface area (Å²) in [5, 5.41) is 4.08. The van der Waals surface area contributed by atoms with Gasteiger partial charge in [0.25, 0.3) is 5.91 Å². The lowest BCUT2D eigenvalue weighted by molar-refractivity contribution is -0.130. The molecule has 1 N–H and O–H groups in total. The van der Waals surface area contributed by atoms with Crippen molar-refractivity contribution in [3.8, 4) is 0 Å². The minimum absolute atomic E-state index is 0.149. The molecule has 2 fully saturated rings. The topological polar surface area (TPSA) is 65.8 Å². The number of carbonyl (C=O) groups is 2. The van der Waals surface area contributed by atoms with Crippen molar-refractivity contribution in [3.05, 3.63) is 35.6 Å². The van der Waals surface area contributed by atoms with Crippen LogP contribution in [0.15, 0.2) is 28.7 Å². The Morgan fingerprint density at radius 1 is 1.23 bits per heavy atom. The molecule has 4 rings (SSSR count). The van der Waals surface area contributed by atoms with Gasteiger partial charge in [0, 0.05) is 54.9 Å². The van der Waals surface area contributed by atoms with Gasteiger partial charge in [0.2, 0.25) is 5.91 Å². The van der Waals surface area contributed by atoms with E-state index in [0.717, 1.165) is 36.2 Å². The average Bonchev–Trinajstić information content (AvgIpc) is 2.99. The molecule has 2 unspecified atom stereocenters. The zero-order valence-corrected chi connectivity index (χ0v) is 15.5. The third-order valence-corrected chi connectivity index (χ3v) is 5.67. The number of nitrogens with one attached hydrogen (secondary N) is 1. The SMILES string of the molecule is Cc1c(C(=O)NC2C3CN(C(=O)CCN(C)C)C[C@@H]32)oc2ccccc12. The maximum absolute atomic E-state index is 12.6. The number of hydrogen-bond acceptors (Lipinski definition) is 4. The first-order valence-electron chi connectivity index (χ1n) is 9.17. The van der Waals surface area contributed by atoms with Gasteiger partial charge < -0.3 is 19.5 Å². The molecular weight excluding hydrogens is 330 g/mol. The van der Waals surface area contributed by atoms with Crippen molar-refractivity contribution in [2.75, 3.05) is 33.7 Å². The zero-order chi connectivity index (χ0) is 18.4. The predicted octanol–water partition coefficient (Wildman–Crippen LogP) is 1.88. The molecule has 26 heavy (non-hydrogen) atoms. The van der Waals surface area contributed by atoms with Gasteiger partial charge in [-0.25, -0.2) is 0 Å². The van der Waals surface area contributed by atoms with Crippen LogP contribution in [-0.2, 0) is 4.79 Å². The number of piperidine rings is 1. The van der Waals surface area contributed by atoms with E-state index in [9.17, 15) is 9.59 Å². The van der Waals surface area contributed by atoms with Gasteiger partial charge >= 0.3 is 0 Å². The Bertz CT molecular complexity index is 845. The van der Waals surface area contributed by atoms with Crippen LogP contribution in [0, 0.1) is 18.8 Å². The fourth-order valence-corrected chi connectivity index (χ4v) is 4.03. The number of aryl methyl sites for hydroxylation is 1. The molecule has 138 valence electrons. The van der Waals surface area contributed by atoms with Gasteiger partial charge in [0.05, 0.1) is 0 Å². The molecule has 6 nitrogen and oxygen atoms in total. The highest BCUT2D eigenvalue weighted by molar-refractivity contribution is 5.99. The molecule has 0 bridgehead atoms. The summed E-state index contributed by atoms with van der Waals surface area (Å²) in [6.45, 7) is 4.19. The molecule has 2 aromatic rings. The number of fused-ring (bicyclic) bond motifs is 2. The molecule has 0 radical (unpaired) electrons. The van der Waals surface area contributed by atoms with Crippen LogP contribution in [-0.4, -0.2) is 61.4 Å². The Morgan fingerprint density at radius 2 is 1.92 bits per heavy atom. The lowest BCUT2D eigenvalue weighted by Crippen LogP contribution is -2.38. The van der Waals surface area contributed by atoms with Crippen molar-refractivity contribution in [2.24, 2.45) is 11.8 Å². The molecule has 6 heteroatoms. The van der Waals surface area contributed by atoms with E-state index in [1.165, 1.54) is 0 Å². The van der Waals surface area contributed by atoms with Gasteiger partial charge in [-0.3, -0.25) is 9.59 Å². The van der Waals surface area contributed by atoms with Crippen LogP contribution in [0.4, 0.5) is 0 Å². The third-order valence-electron chi connectivity index (χ3n) is 5.67. The molecular formula is C20H25N3O3. The lowest BCUT2D eigenvalue weighted by atomic mass is 10.1. The van der Waals surface area contributed by atoms with Crippen molar-refractivity contribution in [1.29, 1.82) is 0 Å². The molecule has 1 saturated heterocycles. The van der Waals surface area contributed by atoms with E-state index in [1.807, 2.05) is 55.1 Å². The Morgan fingerprint density at radius 3 is 2.58 bits per heavy atom. The van der Waals surface area contributed by atoms with Gasteiger partial charge in [0.1, 0.15) is 5.58 Å². The van der Waals surface area contributed by atoms with Gasteiger partial charge in [-0.15, -0.1) is 0 Å². The van der Waals surface area contributed by atoms with Crippen LogP contribution in [0.2, 0.25) is 0 Å². The Labute approximate surface area is 153 Å². The first-order chi connectivity index (χ1) is 12.5. The average molecular weight is 355 g/mol. The van der Waals surface area contributed by atoms with E-state index in [4.69, 9.17) is 4.42 Å². The molecule has 0 spiro atoms. The second-order valence-corrected chi connectivity index (χ2v) is 7.73. The summed E-state index contributed by atoms with van der Waals surface area (Å²) in [6.07, 6.45) is 0.557. The number of carbonyl (C=O) groups excluding carboxylic acids is 2. The molecule has 1 aromatic carbocycles. The van der Waals surface area contributed by atoms with E-state index in [2.05, 4.69) is 5.32 Å². The Kier molecular flexibility index (Phi) is 4.23. The molecule has 1 aromatic heterocycles. The quantitative estimate of drug-likeness (QED) is 0.889. The van der Waals surface area contributed by atoms with Crippen LogP contribution in [0.3, 0.4) is 0 Å². The summed E-state index contributed by atoms with van der Waals surface area (Å²) < 4.78 is 5.74. The van der Waals surface area contributed by atoms with E-state index in [-0.39, 0.29) is 17.9 Å². The number of rotatable bonds is 5. The molecule has 2 aliphatic rings. The minimum atomic E-state index is -0.149. The largest absolute Gasteiger partial charge is 0.451 e. The molecule has 1 aliphatic heterocycles. The van der Waals surface area contributed by atoms with Crippen LogP contribution in [0.25, 0.3) is 11.0 Å². The normalized spacial score (nSPS) is 24.2. The molecule has 2 amide bonds. The number of hydrogen-bond donors (Lipinski definition) is 1. The molecule has 3 atom stereocenters. The van der Waals surface area contributed by atoms with Crippen LogP contribution in [0.1, 0.15) is 22.5 Å². The standard InChI is InChI=1S/C20H25N3O3/c1-12-13-6-4-5-7-16(13)26-19(12)20(25)21-18-14-10-23(11-15(14)18)17(24)8-9-22(2)3/h4-7,14-15,18H,8-11H2,1-3H3,(H,21,25)/t14-,15?,18?/m0/s1. The molecule has 1 saturated carbocycles. The van der Waals surface area contributed by atoms with E-state index in [1.54, 1.807) is 0 Å². The predicted molar refractivity (Wildman–Crippen MR) is 98.9 cm³/mol. The summed E-state index contributed by atoms with van der Waals surface area (Å²) in [4.78, 5) is 28.8. The number of likely N-dealkylation sites (tertiary alicyclic amines) is 1. The van der Waals surface area contributed by atoms with Crippen molar-refractivity contribution < 1.29 is 14.0 Å². The summed E-state index contributed by atoms with van der Waals surface area (Å²) in [6, 6.07) is 7.85. The second kappa shape index (κ2) is 6.43. The van der Waals surface area contributed by atoms with Crippen LogP contribution in [0.5, 0.6) is 0 Å². The number of amides is 2. The first-order valence-corrected chi connectivity index (χ1v) is 9.17. The maximum atomic E-state index is 12.6. The molecule has 1 aliphatic carbocycles.